The lowest BCUT2D eigenvalue weighted by Gasteiger charge is -2.31. The molecule has 5 heteroatoms. The van der Waals surface area contributed by atoms with E-state index in [1.54, 1.807) is 13.1 Å². The molecular weight excluding hydrogens is 206 g/mol. The molecule has 2 heterocycles. The minimum Gasteiger partial charge on any atom is -0.477 e. The third kappa shape index (κ3) is 1.95. The molecule has 0 saturated carbocycles. The zero-order valence-electron chi connectivity index (χ0n) is 9.68. The Bertz CT molecular complexity index is 400. The maximum Gasteiger partial charge on any atom is 0.354 e. The monoisotopic (exact) mass is 223 g/mol. The zero-order chi connectivity index (χ0) is 11.7. The van der Waals surface area contributed by atoms with Crippen LogP contribution in [-0.2, 0) is 7.05 Å². The van der Waals surface area contributed by atoms with Crippen molar-refractivity contribution in [2.24, 2.45) is 7.05 Å². The molecule has 0 aromatic carbocycles. The number of carboxylic acids is 1. The van der Waals surface area contributed by atoms with Crippen LogP contribution >= 0.6 is 0 Å². The summed E-state index contributed by atoms with van der Waals surface area (Å²) < 4.78 is 1.44. The Balaban J connectivity index is 2.26. The van der Waals surface area contributed by atoms with Crippen molar-refractivity contribution in [1.82, 2.24) is 14.7 Å². The molecule has 0 bridgehead atoms. The van der Waals surface area contributed by atoms with Crippen LogP contribution in [0, 0.1) is 0 Å². The fraction of sp³-hybridized carbons (Fsp3) is 0.636. The summed E-state index contributed by atoms with van der Waals surface area (Å²) in [5.41, 5.74) is 1.14. The van der Waals surface area contributed by atoms with Gasteiger partial charge in [-0.05, 0) is 32.5 Å². The van der Waals surface area contributed by atoms with Crippen molar-refractivity contribution in [3.8, 4) is 0 Å². The molecule has 2 rings (SSSR count). The summed E-state index contributed by atoms with van der Waals surface area (Å²) in [6, 6.07) is 1.96. The van der Waals surface area contributed by atoms with Crippen LogP contribution < -0.4 is 0 Å². The van der Waals surface area contributed by atoms with Crippen LogP contribution in [0.25, 0.3) is 0 Å². The lowest BCUT2D eigenvalue weighted by Crippen LogP contribution is -2.29. The van der Waals surface area contributed by atoms with Crippen molar-refractivity contribution in [3.05, 3.63) is 17.5 Å². The lowest BCUT2D eigenvalue weighted by molar-refractivity contribution is 0.0685. The molecule has 0 amide bonds. The van der Waals surface area contributed by atoms with E-state index in [1.165, 1.54) is 17.5 Å². The molecule has 5 nitrogen and oxygen atoms in total. The van der Waals surface area contributed by atoms with Gasteiger partial charge in [-0.15, -0.1) is 0 Å². The van der Waals surface area contributed by atoms with Crippen LogP contribution in [0.4, 0.5) is 0 Å². The second kappa shape index (κ2) is 4.25. The first-order valence-corrected chi connectivity index (χ1v) is 5.57. The summed E-state index contributed by atoms with van der Waals surface area (Å²) in [4.78, 5) is 13.2. The summed E-state index contributed by atoms with van der Waals surface area (Å²) in [5, 5.41) is 13.3. The third-order valence-corrected chi connectivity index (χ3v) is 3.23. The van der Waals surface area contributed by atoms with E-state index in [4.69, 9.17) is 5.11 Å². The van der Waals surface area contributed by atoms with E-state index in [9.17, 15) is 4.79 Å². The van der Waals surface area contributed by atoms with Crippen molar-refractivity contribution in [2.45, 2.75) is 25.3 Å². The first-order chi connectivity index (χ1) is 7.59. The SMILES string of the molecule is CN1CCCCC1c1cc(C(=O)O)n(C)n1. The molecule has 1 aliphatic rings. The molecule has 1 N–H and O–H groups in total. The number of rotatable bonds is 2. The fourth-order valence-electron chi connectivity index (χ4n) is 2.30. The average molecular weight is 223 g/mol. The molecule has 0 aliphatic carbocycles. The van der Waals surface area contributed by atoms with E-state index < -0.39 is 5.97 Å². The zero-order valence-corrected chi connectivity index (χ0v) is 9.68. The Labute approximate surface area is 94.7 Å². The van der Waals surface area contributed by atoms with Crippen LogP contribution in [0.3, 0.4) is 0 Å². The lowest BCUT2D eigenvalue weighted by atomic mass is 10.00. The number of aryl methyl sites for hydroxylation is 1. The number of aromatic nitrogens is 2. The standard InChI is InChI=1S/C11H17N3O2/c1-13-6-4-3-5-9(13)8-7-10(11(15)16)14(2)12-8/h7,9H,3-6H2,1-2H3,(H,15,16). The second-order valence-electron chi connectivity index (χ2n) is 4.38. The molecule has 0 spiro atoms. The molecule has 1 atom stereocenters. The third-order valence-electron chi connectivity index (χ3n) is 3.23. The highest BCUT2D eigenvalue weighted by Gasteiger charge is 2.24. The molecule has 1 aromatic rings. The highest BCUT2D eigenvalue weighted by Crippen LogP contribution is 2.28. The average Bonchev–Trinajstić information content (AvgIpc) is 2.61. The van der Waals surface area contributed by atoms with Gasteiger partial charge < -0.3 is 5.11 Å². The van der Waals surface area contributed by atoms with Gasteiger partial charge in [-0.2, -0.15) is 5.10 Å². The molecule has 1 aliphatic heterocycles. The van der Waals surface area contributed by atoms with Crippen molar-refractivity contribution in [1.29, 1.82) is 0 Å². The number of piperidine rings is 1. The molecule has 1 aromatic heterocycles. The molecule has 1 unspecified atom stereocenters. The summed E-state index contributed by atoms with van der Waals surface area (Å²) in [5.74, 6) is -0.917. The molecule has 88 valence electrons. The van der Waals surface area contributed by atoms with Crippen LogP contribution in [0.2, 0.25) is 0 Å². The Hall–Kier alpha value is -1.36. The number of aromatic carboxylic acids is 1. The van der Waals surface area contributed by atoms with Gasteiger partial charge in [-0.25, -0.2) is 4.79 Å². The maximum absolute atomic E-state index is 10.9. The highest BCUT2D eigenvalue weighted by molar-refractivity contribution is 5.85. The van der Waals surface area contributed by atoms with Crippen LogP contribution in [-0.4, -0.2) is 39.3 Å². The van der Waals surface area contributed by atoms with Crippen LogP contribution in [0.1, 0.15) is 41.5 Å². The molecule has 16 heavy (non-hydrogen) atoms. The Morgan fingerprint density at radius 3 is 2.81 bits per heavy atom. The van der Waals surface area contributed by atoms with Crippen molar-refractivity contribution in [3.63, 3.8) is 0 Å². The predicted octanol–water partition coefficient (Wildman–Crippen LogP) is 1.28. The largest absolute Gasteiger partial charge is 0.477 e. The van der Waals surface area contributed by atoms with Gasteiger partial charge in [-0.1, -0.05) is 6.42 Å². The molecule has 1 fully saturated rings. The van der Waals surface area contributed by atoms with Gasteiger partial charge in [0.25, 0.3) is 0 Å². The second-order valence-corrected chi connectivity index (χ2v) is 4.38. The summed E-state index contributed by atoms with van der Waals surface area (Å²) in [6.07, 6.45) is 3.46. The Morgan fingerprint density at radius 2 is 2.25 bits per heavy atom. The van der Waals surface area contributed by atoms with Crippen molar-refractivity contribution < 1.29 is 9.90 Å². The Kier molecular flexibility index (Phi) is 2.96. The van der Waals surface area contributed by atoms with Gasteiger partial charge in [0.15, 0.2) is 0 Å². The van der Waals surface area contributed by atoms with E-state index in [0.29, 0.717) is 0 Å². The van der Waals surface area contributed by atoms with Gasteiger partial charge in [-0.3, -0.25) is 9.58 Å². The number of hydrogen-bond donors (Lipinski definition) is 1. The van der Waals surface area contributed by atoms with Crippen LogP contribution in [0.15, 0.2) is 6.07 Å². The fourth-order valence-corrected chi connectivity index (χ4v) is 2.30. The van der Waals surface area contributed by atoms with Crippen LogP contribution in [0.5, 0.6) is 0 Å². The number of nitrogens with zero attached hydrogens (tertiary/aromatic N) is 3. The number of likely N-dealkylation sites (tertiary alicyclic amines) is 1. The first-order valence-electron chi connectivity index (χ1n) is 5.57. The first kappa shape index (κ1) is 11.1. The number of hydrogen-bond acceptors (Lipinski definition) is 3. The smallest absolute Gasteiger partial charge is 0.354 e. The van der Waals surface area contributed by atoms with Gasteiger partial charge in [0.05, 0.1) is 11.7 Å². The molecule has 1 saturated heterocycles. The maximum atomic E-state index is 10.9. The van der Waals surface area contributed by atoms with Gasteiger partial charge in [0.1, 0.15) is 5.69 Å². The summed E-state index contributed by atoms with van der Waals surface area (Å²) in [7, 11) is 3.74. The number of carboxylic acid groups (broad SMARTS) is 1. The molecular formula is C11H17N3O2. The van der Waals surface area contributed by atoms with Gasteiger partial charge in [0, 0.05) is 7.05 Å². The van der Waals surface area contributed by atoms with E-state index >= 15 is 0 Å². The van der Waals surface area contributed by atoms with E-state index in [2.05, 4.69) is 17.0 Å². The van der Waals surface area contributed by atoms with Crippen molar-refractivity contribution in [2.75, 3.05) is 13.6 Å². The quantitative estimate of drug-likeness (QED) is 0.820. The summed E-state index contributed by atoms with van der Waals surface area (Å²) >= 11 is 0. The number of carbonyl (C=O) groups is 1. The minimum absolute atomic E-state index is 0.258. The topological polar surface area (TPSA) is 58.4 Å². The minimum atomic E-state index is -0.917. The normalized spacial score (nSPS) is 22.2. The highest BCUT2D eigenvalue weighted by atomic mass is 16.4. The van der Waals surface area contributed by atoms with Gasteiger partial charge in [0.2, 0.25) is 0 Å². The van der Waals surface area contributed by atoms with E-state index in [1.807, 2.05) is 0 Å². The van der Waals surface area contributed by atoms with Crippen molar-refractivity contribution >= 4 is 5.97 Å². The predicted molar refractivity (Wildman–Crippen MR) is 59.4 cm³/mol. The van der Waals surface area contributed by atoms with E-state index in [0.717, 1.165) is 18.7 Å². The van der Waals surface area contributed by atoms with Gasteiger partial charge >= 0.3 is 5.97 Å². The molecule has 0 radical (unpaired) electrons. The van der Waals surface area contributed by atoms with E-state index in [-0.39, 0.29) is 11.7 Å². The summed E-state index contributed by atoms with van der Waals surface area (Å²) in [6.45, 7) is 1.06. The Morgan fingerprint density at radius 1 is 1.50 bits per heavy atom.